The Bertz CT molecular complexity index is 1200. The first-order valence-electron chi connectivity index (χ1n) is 12.5. The van der Waals surface area contributed by atoms with Crippen molar-refractivity contribution in [3.63, 3.8) is 0 Å². The first-order valence-corrected chi connectivity index (χ1v) is 14.4. The lowest BCUT2D eigenvalue weighted by atomic mass is 10.0. The van der Waals surface area contributed by atoms with E-state index in [1.165, 1.54) is 10.4 Å². The summed E-state index contributed by atoms with van der Waals surface area (Å²) >= 11 is 0. The monoisotopic (exact) mass is 580 g/mol. The van der Waals surface area contributed by atoms with Crippen LogP contribution in [0.2, 0.25) is 0 Å². The van der Waals surface area contributed by atoms with Gasteiger partial charge in [0.2, 0.25) is 21.8 Å². The summed E-state index contributed by atoms with van der Waals surface area (Å²) in [7, 11) is -3.35. The number of nitrogens with one attached hydrogen (secondary N) is 4. The Hall–Kier alpha value is -3.98. The Labute approximate surface area is 232 Å². The molecule has 2 rings (SSSR count). The van der Waals surface area contributed by atoms with Crippen LogP contribution in [-0.2, 0) is 35.6 Å². The van der Waals surface area contributed by atoms with Gasteiger partial charge in [-0.3, -0.25) is 19.8 Å². The minimum Gasteiger partial charge on any atom is -0.481 e. The number of nitrogens with zero attached hydrogens (tertiary/aromatic N) is 1. The number of alkyl carbamates (subject to hydrolysis) is 1. The minimum absolute atomic E-state index is 0.00950. The zero-order valence-corrected chi connectivity index (χ0v) is 23.0. The fourth-order valence-electron chi connectivity index (χ4n) is 4.03. The van der Waals surface area contributed by atoms with Gasteiger partial charge in [0.25, 0.3) is 0 Å². The second kappa shape index (κ2) is 15.0. The number of rotatable bonds is 14. The molecule has 7 N–H and O–H groups in total. The number of carbonyl (C=O) groups is 4. The van der Waals surface area contributed by atoms with Crippen LogP contribution in [0.5, 0.6) is 0 Å². The van der Waals surface area contributed by atoms with Gasteiger partial charge in [0.05, 0.1) is 6.26 Å². The number of carbonyl (C=O) groups excluding carboxylic acids is 3. The van der Waals surface area contributed by atoms with Crippen LogP contribution in [0.15, 0.2) is 36.9 Å². The highest BCUT2D eigenvalue weighted by molar-refractivity contribution is 7.88. The first-order chi connectivity index (χ1) is 18.8. The van der Waals surface area contributed by atoms with E-state index in [1.807, 2.05) is 0 Å². The summed E-state index contributed by atoms with van der Waals surface area (Å²) in [4.78, 5) is 49.8. The van der Waals surface area contributed by atoms with Gasteiger partial charge in [0.15, 0.2) is 0 Å². The summed E-state index contributed by atoms with van der Waals surface area (Å²) in [5.74, 6) is -2.67. The van der Waals surface area contributed by atoms with Crippen LogP contribution in [0.1, 0.15) is 36.8 Å². The number of carboxylic acids is 1. The summed E-state index contributed by atoms with van der Waals surface area (Å²) < 4.78 is 29.7. The second-order valence-corrected chi connectivity index (χ2v) is 11.3. The molecule has 1 aliphatic rings. The van der Waals surface area contributed by atoms with Crippen molar-refractivity contribution in [2.75, 3.05) is 26.0 Å². The van der Waals surface area contributed by atoms with Crippen molar-refractivity contribution < 1.29 is 37.4 Å². The van der Waals surface area contributed by atoms with Crippen LogP contribution in [0.25, 0.3) is 0 Å². The molecular weight excluding hydrogens is 544 g/mol. The van der Waals surface area contributed by atoms with E-state index in [2.05, 4.69) is 22.5 Å². The third-order valence-corrected chi connectivity index (χ3v) is 7.50. The van der Waals surface area contributed by atoms with E-state index in [1.54, 1.807) is 24.3 Å². The molecule has 220 valence electrons. The summed E-state index contributed by atoms with van der Waals surface area (Å²) in [6, 6.07) is 3.64. The van der Waals surface area contributed by atoms with Crippen molar-refractivity contribution in [2.24, 2.45) is 5.73 Å². The third kappa shape index (κ3) is 10.6. The number of ether oxygens (including phenoxy) is 1. The summed E-state index contributed by atoms with van der Waals surface area (Å²) in [5.41, 5.74) is 6.56. The number of hydrogen-bond donors (Lipinski definition) is 6. The van der Waals surface area contributed by atoms with Gasteiger partial charge in [0, 0.05) is 37.5 Å². The molecule has 0 spiro atoms. The zero-order chi connectivity index (χ0) is 29.9. The summed E-state index contributed by atoms with van der Waals surface area (Å²) in [6.45, 7) is 3.79. The quantitative estimate of drug-likeness (QED) is 0.0963. The van der Waals surface area contributed by atoms with E-state index in [0.717, 1.165) is 6.26 Å². The average molecular weight is 581 g/mol. The Balaban J connectivity index is 2.16. The van der Waals surface area contributed by atoms with Gasteiger partial charge in [0.1, 0.15) is 24.5 Å². The molecule has 2 atom stereocenters. The van der Waals surface area contributed by atoms with Crippen LogP contribution < -0.4 is 21.7 Å². The van der Waals surface area contributed by atoms with E-state index in [4.69, 9.17) is 21.0 Å². The van der Waals surface area contributed by atoms with Crippen molar-refractivity contribution in [2.45, 2.75) is 50.2 Å². The van der Waals surface area contributed by atoms with E-state index < -0.39 is 52.4 Å². The second-order valence-electron chi connectivity index (χ2n) is 9.34. The molecule has 1 heterocycles. The normalized spacial score (nSPS) is 15.7. The fraction of sp³-hybridized carbons (Fsp3) is 0.480. The Morgan fingerprint density at radius 2 is 1.77 bits per heavy atom. The molecule has 1 fully saturated rings. The van der Waals surface area contributed by atoms with E-state index in [0.29, 0.717) is 24.0 Å². The molecule has 3 amide bonds. The van der Waals surface area contributed by atoms with Crippen LogP contribution in [0.3, 0.4) is 0 Å². The van der Waals surface area contributed by atoms with Gasteiger partial charge >= 0.3 is 12.1 Å². The zero-order valence-electron chi connectivity index (χ0n) is 22.2. The lowest BCUT2D eigenvalue weighted by Crippen LogP contribution is -2.56. The molecular formula is C25H36N6O8S. The van der Waals surface area contributed by atoms with Crippen molar-refractivity contribution >= 4 is 39.7 Å². The van der Waals surface area contributed by atoms with Crippen LogP contribution in [0, 0.1) is 5.41 Å². The number of aliphatic carboxylic acids is 1. The molecule has 15 heteroatoms. The number of piperidine rings is 1. The van der Waals surface area contributed by atoms with Gasteiger partial charge in [-0.15, -0.1) is 0 Å². The molecule has 14 nitrogen and oxygen atoms in total. The topological polar surface area (TPSA) is 221 Å². The van der Waals surface area contributed by atoms with Gasteiger partial charge in [-0.05, 0) is 24.8 Å². The molecule has 1 saturated heterocycles. The molecule has 0 radical (unpaired) electrons. The molecule has 1 aromatic rings. The Morgan fingerprint density at radius 3 is 2.30 bits per heavy atom. The maximum atomic E-state index is 13.3. The molecule has 0 aromatic heterocycles. The van der Waals surface area contributed by atoms with Gasteiger partial charge < -0.3 is 31.5 Å². The van der Waals surface area contributed by atoms with Crippen LogP contribution in [-0.4, -0.2) is 91.6 Å². The third-order valence-electron chi connectivity index (χ3n) is 6.19. The summed E-state index contributed by atoms with van der Waals surface area (Å²) in [6.07, 6.45) is 1.64. The Kier molecular flexibility index (Phi) is 12.1. The number of sulfonamides is 1. The van der Waals surface area contributed by atoms with Gasteiger partial charge in [-0.25, -0.2) is 17.5 Å². The highest BCUT2D eigenvalue weighted by Crippen LogP contribution is 2.14. The van der Waals surface area contributed by atoms with Crippen molar-refractivity contribution in [3.8, 4) is 0 Å². The molecule has 1 aliphatic heterocycles. The first kappa shape index (κ1) is 32.2. The molecule has 0 bridgehead atoms. The number of nitrogens with two attached hydrogens (primary N) is 1. The predicted octanol–water partition coefficient (Wildman–Crippen LogP) is -0.316. The number of amidine groups is 1. The number of carboxylic acid groups (broad SMARTS) is 1. The standard InChI is InChI=1S/C25H36N6O8S/c1-3-14-39-25(36)30-20(15-16-4-6-17(7-5-16)22(26)27)24(35)29-19(8-9-21(32)33)23(34)28-18-10-12-31(13-11-18)40(2,37)38/h3-7,18-20H,1,8-15H2,2H3,(H3,26,27)(H,28,34)(H,29,35)(H,30,36)(H,32,33)/t19-,20-/m0/s1. The van der Waals surface area contributed by atoms with E-state index in [-0.39, 0.29) is 44.4 Å². The maximum Gasteiger partial charge on any atom is 0.408 e. The lowest BCUT2D eigenvalue weighted by Gasteiger charge is -2.32. The lowest BCUT2D eigenvalue weighted by molar-refractivity contribution is -0.138. The van der Waals surface area contributed by atoms with Crippen LogP contribution in [0.4, 0.5) is 4.79 Å². The predicted molar refractivity (Wildman–Crippen MR) is 146 cm³/mol. The molecule has 0 aliphatic carbocycles. The molecule has 40 heavy (non-hydrogen) atoms. The Morgan fingerprint density at radius 1 is 1.15 bits per heavy atom. The largest absolute Gasteiger partial charge is 0.481 e. The molecule has 1 aromatic carbocycles. The van der Waals surface area contributed by atoms with Crippen molar-refractivity contribution in [1.29, 1.82) is 5.41 Å². The summed E-state index contributed by atoms with van der Waals surface area (Å²) in [5, 5.41) is 24.4. The SMILES string of the molecule is C=CCOC(=O)N[C@@H](Cc1ccc(C(=N)N)cc1)C(=O)N[C@@H](CCC(=O)O)C(=O)NC1CCN(S(C)(=O)=O)CC1. The molecule has 0 saturated carbocycles. The highest BCUT2D eigenvalue weighted by atomic mass is 32.2. The molecule has 0 unspecified atom stereocenters. The minimum atomic E-state index is -3.35. The van der Waals surface area contributed by atoms with Crippen LogP contribution >= 0.6 is 0 Å². The van der Waals surface area contributed by atoms with E-state index in [9.17, 15) is 27.6 Å². The van der Waals surface area contributed by atoms with Crippen molar-refractivity contribution in [3.05, 3.63) is 48.0 Å². The number of hydrogen-bond acceptors (Lipinski definition) is 8. The maximum absolute atomic E-state index is 13.3. The number of amides is 3. The average Bonchev–Trinajstić information content (AvgIpc) is 2.89. The van der Waals surface area contributed by atoms with Crippen molar-refractivity contribution in [1.82, 2.24) is 20.3 Å². The number of nitrogen functional groups attached to an aromatic ring is 1. The number of benzene rings is 1. The smallest absolute Gasteiger partial charge is 0.408 e. The fourth-order valence-corrected chi connectivity index (χ4v) is 4.90. The van der Waals surface area contributed by atoms with Gasteiger partial charge in [-0.2, -0.15) is 0 Å². The van der Waals surface area contributed by atoms with E-state index >= 15 is 0 Å². The van der Waals surface area contributed by atoms with Gasteiger partial charge in [-0.1, -0.05) is 36.9 Å². The highest BCUT2D eigenvalue weighted by Gasteiger charge is 2.31.